The predicted octanol–water partition coefficient (Wildman–Crippen LogP) is 10.2. The Labute approximate surface area is 427 Å². The lowest BCUT2D eigenvalue weighted by Gasteiger charge is -2.34. The van der Waals surface area contributed by atoms with Gasteiger partial charge < -0.3 is 39.9 Å². The number of alkyl carbamates (subject to hydrolysis) is 2. The number of ether oxygens (including phenoxy) is 2. The van der Waals surface area contributed by atoms with E-state index in [1.54, 1.807) is 4.90 Å². The van der Waals surface area contributed by atoms with Crippen molar-refractivity contribution >= 4 is 34.9 Å². The molecule has 2 aliphatic heterocycles. The highest BCUT2D eigenvalue weighted by Crippen LogP contribution is 2.53. The number of rotatable bonds is 11. The highest BCUT2D eigenvalue weighted by atomic mass is 16.5. The van der Waals surface area contributed by atoms with Gasteiger partial charge in [-0.3, -0.25) is 14.4 Å². The Hall–Kier alpha value is -6.51. The van der Waals surface area contributed by atoms with Crippen molar-refractivity contribution in [2.45, 2.75) is 153 Å². The van der Waals surface area contributed by atoms with Gasteiger partial charge in [0.1, 0.15) is 23.7 Å². The van der Waals surface area contributed by atoms with Crippen molar-refractivity contribution in [1.82, 2.24) is 40.4 Å². The fraction of sp³-hybridized carbons (Fsp3) is 0.534. The second-order valence-electron chi connectivity index (χ2n) is 22.0. The summed E-state index contributed by atoms with van der Waals surface area (Å²) in [5.41, 5.74) is 9.77. The topological polar surface area (TPSA) is 192 Å². The number of benzene rings is 3. The van der Waals surface area contributed by atoms with Crippen molar-refractivity contribution in [2.75, 3.05) is 27.3 Å². The molecule has 3 aromatic carbocycles. The molecule has 73 heavy (non-hydrogen) atoms. The molecule has 4 aliphatic carbocycles. The fourth-order valence-corrected chi connectivity index (χ4v) is 13.9. The second-order valence-corrected chi connectivity index (χ2v) is 22.0. The molecule has 5 aromatic rings. The number of amides is 4. The van der Waals surface area contributed by atoms with Crippen molar-refractivity contribution in [3.8, 4) is 33.5 Å². The maximum absolute atomic E-state index is 14.3. The summed E-state index contributed by atoms with van der Waals surface area (Å²) in [4.78, 5) is 87.7. The minimum atomic E-state index is -0.686. The van der Waals surface area contributed by atoms with E-state index in [0.717, 1.165) is 130 Å². The van der Waals surface area contributed by atoms with E-state index in [9.17, 15) is 24.0 Å². The molecule has 0 radical (unpaired) electrons. The van der Waals surface area contributed by atoms with Gasteiger partial charge in [-0.05, 0) is 145 Å². The van der Waals surface area contributed by atoms with Crippen LogP contribution in [0.1, 0.15) is 150 Å². The molecule has 5 fully saturated rings. The van der Waals surface area contributed by atoms with Gasteiger partial charge in [0.2, 0.25) is 11.8 Å². The number of likely N-dealkylation sites (tertiary alicyclic amines) is 2. The van der Waals surface area contributed by atoms with E-state index in [1.807, 2.05) is 23.2 Å². The van der Waals surface area contributed by atoms with Gasteiger partial charge >= 0.3 is 12.2 Å². The summed E-state index contributed by atoms with van der Waals surface area (Å²) in [7, 11) is 2.66. The lowest BCUT2D eigenvalue weighted by molar-refractivity contribution is -0.137. The van der Waals surface area contributed by atoms with Crippen LogP contribution in [0.2, 0.25) is 0 Å². The van der Waals surface area contributed by atoms with E-state index in [-0.39, 0.29) is 40.7 Å². The van der Waals surface area contributed by atoms with E-state index < -0.39 is 30.3 Å². The fourth-order valence-electron chi connectivity index (χ4n) is 13.9. The Morgan fingerprint density at radius 1 is 0.616 bits per heavy atom. The van der Waals surface area contributed by atoms with Crippen molar-refractivity contribution in [1.29, 1.82) is 0 Å². The third kappa shape index (κ3) is 9.64. The number of aromatic nitrogens is 4. The van der Waals surface area contributed by atoms with Gasteiger partial charge in [-0.2, -0.15) is 0 Å². The van der Waals surface area contributed by atoms with Gasteiger partial charge in [-0.25, -0.2) is 19.6 Å². The smallest absolute Gasteiger partial charge is 0.407 e. The third-order valence-electron chi connectivity index (χ3n) is 17.7. The first-order valence-corrected chi connectivity index (χ1v) is 27.2. The maximum atomic E-state index is 14.3. The summed E-state index contributed by atoms with van der Waals surface area (Å²) in [6, 6.07) is 17.3. The Bertz CT molecular complexity index is 2930. The number of hydrogen-bond donors (Lipinski definition) is 4. The summed E-state index contributed by atoms with van der Waals surface area (Å²) >= 11 is 0. The molecule has 15 heteroatoms. The molecule has 2 aromatic heterocycles. The molecule has 11 rings (SSSR count). The molecule has 4 N–H and O–H groups in total. The highest BCUT2D eigenvalue weighted by molar-refractivity contribution is 5.89. The van der Waals surface area contributed by atoms with Gasteiger partial charge in [-0.15, -0.1) is 0 Å². The van der Waals surface area contributed by atoms with Crippen LogP contribution < -0.4 is 16.2 Å². The molecular weight excluding hydrogens is 921 g/mol. The molecule has 4 amide bonds. The average molecular weight is 991 g/mol. The Balaban J connectivity index is 0.837. The first kappa shape index (κ1) is 48.7. The van der Waals surface area contributed by atoms with E-state index in [2.05, 4.69) is 63.1 Å². The number of fused-ring (bicyclic) bond motifs is 2. The SMILES string of the molecule is COC(=O)N[C@H](C(=O)N1CCC[C@H]1c1ncc(-c2ccc(-c3ccc(-c4ccc5nc([C@@H]6CCCN6C(=O)[C@@H](NC(=O)OC)C6CCCCC6)[nH]c(=O)c5c4)c4c3CC3(CCCC3)C4)cc2)[nH]1)C1CCCCC1. The zero-order valence-corrected chi connectivity index (χ0v) is 42.4. The van der Waals surface area contributed by atoms with E-state index >= 15 is 0 Å². The van der Waals surface area contributed by atoms with E-state index in [0.29, 0.717) is 36.2 Å². The van der Waals surface area contributed by atoms with Crippen LogP contribution >= 0.6 is 0 Å². The van der Waals surface area contributed by atoms with E-state index in [4.69, 9.17) is 19.4 Å². The Kier molecular flexibility index (Phi) is 13.9. The molecule has 1 spiro atoms. The molecule has 384 valence electrons. The van der Waals surface area contributed by atoms with Crippen molar-refractivity contribution in [3.05, 3.63) is 93.9 Å². The zero-order valence-electron chi connectivity index (χ0n) is 42.4. The summed E-state index contributed by atoms with van der Waals surface area (Å²) < 4.78 is 9.88. The molecule has 2 saturated heterocycles. The number of hydrogen-bond acceptors (Lipinski definition) is 9. The number of methoxy groups -OCH3 is 2. The van der Waals surface area contributed by atoms with E-state index in [1.165, 1.54) is 56.6 Å². The summed E-state index contributed by atoms with van der Waals surface area (Å²) in [6.07, 6.45) is 20.7. The van der Waals surface area contributed by atoms with Gasteiger partial charge in [0.15, 0.2) is 0 Å². The predicted molar refractivity (Wildman–Crippen MR) is 278 cm³/mol. The summed E-state index contributed by atoms with van der Waals surface area (Å²) in [5, 5.41) is 6.27. The van der Waals surface area contributed by atoms with Crippen LogP contribution in [0.5, 0.6) is 0 Å². The van der Waals surface area contributed by atoms with Crippen LogP contribution in [-0.2, 0) is 31.9 Å². The van der Waals surface area contributed by atoms with Crippen LogP contribution in [-0.4, -0.2) is 93.1 Å². The molecule has 4 heterocycles. The van der Waals surface area contributed by atoms with Crippen molar-refractivity contribution in [3.63, 3.8) is 0 Å². The quantitative estimate of drug-likeness (QED) is 0.0997. The zero-order chi connectivity index (χ0) is 50.2. The normalized spacial score (nSPS) is 21.8. The minimum absolute atomic E-state index is 0.0330. The number of aromatic amines is 2. The number of carbonyl (C=O) groups excluding carboxylic acids is 4. The van der Waals surface area contributed by atoms with Crippen LogP contribution in [0, 0.1) is 17.3 Å². The van der Waals surface area contributed by atoms with Crippen molar-refractivity contribution in [2.24, 2.45) is 17.3 Å². The first-order valence-electron chi connectivity index (χ1n) is 27.2. The summed E-state index contributed by atoms with van der Waals surface area (Å²) in [5.74, 6) is 1.16. The lowest BCUT2D eigenvalue weighted by atomic mass is 9.82. The summed E-state index contributed by atoms with van der Waals surface area (Å²) in [6.45, 7) is 1.14. The molecule has 15 nitrogen and oxygen atoms in total. The number of imidazole rings is 1. The average Bonchev–Trinajstić information content (AvgIpc) is 4.31. The third-order valence-corrected chi connectivity index (χ3v) is 17.7. The number of nitrogens with one attached hydrogen (secondary N) is 4. The van der Waals surface area contributed by atoms with Gasteiger partial charge in [0.05, 0.1) is 49.1 Å². The molecule has 6 aliphatic rings. The van der Waals surface area contributed by atoms with Crippen LogP contribution in [0.3, 0.4) is 0 Å². The van der Waals surface area contributed by atoms with Crippen LogP contribution in [0.25, 0.3) is 44.4 Å². The monoisotopic (exact) mass is 991 g/mol. The number of carbonyl (C=O) groups is 4. The van der Waals surface area contributed by atoms with Gasteiger partial charge in [-0.1, -0.05) is 93.8 Å². The van der Waals surface area contributed by atoms with Gasteiger partial charge in [0.25, 0.3) is 5.56 Å². The largest absolute Gasteiger partial charge is 0.453 e. The minimum Gasteiger partial charge on any atom is -0.453 e. The lowest BCUT2D eigenvalue weighted by Crippen LogP contribution is -2.52. The number of nitrogens with zero attached hydrogens (tertiary/aromatic N) is 4. The Morgan fingerprint density at radius 2 is 1.14 bits per heavy atom. The molecule has 0 bridgehead atoms. The van der Waals surface area contributed by atoms with Crippen molar-refractivity contribution < 1.29 is 28.7 Å². The molecule has 4 atom stereocenters. The standard InChI is InChI=1S/C58H70N8O7/c1-72-56(70)62-49(37-13-5-3-6-14-37)54(68)65-29-11-17-47(65)51-59-34-46(61-51)36-21-19-35(20-22-36)40-24-25-41(44-33-58(32-43(40)44)27-9-10-28-58)39-23-26-45-42(31-39)53(67)64-52(60-45)48-18-12-30-66(48)55(69)50(63-57(71)73-2)38-15-7-4-8-16-38/h19-26,31,34,37-38,47-50H,3-18,27-30,32-33H2,1-2H3,(H,59,61)(H,62,70)(H,63,71)(H,60,64,67)/t47-,48-,49-,50-/m0/s1. The number of H-pyrrole nitrogens is 2. The second kappa shape index (κ2) is 20.8. The first-order chi connectivity index (χ1) is 35.6. The molecule has 0 unspecified atom stereocenters. The van der Waals surface area contributed by atoms with Crippen LogP contribution in [0.4, 0.5) is 9.59 Å². The Morgan fingerprint density at radius 3 is 1.70 bits per heavy atom. The molecule has 3 saturated carbocycles. The van der Waals surface area contributed by atoms with Gasteiger partial charge in [0, 0.05) is 13.1 Å². The highest BCUT2D eigenvalue weighted by Gasteiger charge is 2.44. The molecular formula is C58H70N8O7. The maximum Gasteiger partial charge on any atom is 0.407 e. The van der Waals surface area contributed by atoms with Crippen LogP contribution in [0.15, 0.2) is 65.6 Å².